The van der Waals surface area contributed by atoms with Crippen molar-refractivity contribution in [3.8, 4) is 0 Å². The van der Waals surface area contributed by atoms with Gasteiger partial charge in [-0.3, -0.25) is 0 Å². The van der Waals surface area contributed by atoms with Gasteiger partial charge in [0.1, 0.15) is 5.70 Å². The summed E-state index contributed by atoms with van der Waals surface area (Å²) in [4.78, 5) is 39.1. The van der Waals surface area contributed by atoms with E-state index in [-0.39, 0.29) is 16.8 Å². The molecule has 0 fully saturated rings. The third kappa shape index (κ3) is 3.62. The van der Waals surface area contributed by atoms with E-state index in [1.54, 1.807) is 30.5 Å². The van der Waals surface area contributed by atoms with Crippen LogP contribution in [0.25, 0.3) is 10.8 Å². The largest absolute Gasteiger partial charge is 0.465 e. The Balaban J connectivity index is 2.40. The maximum absolute atomic E-state index is 12.7. The monoisotopic (exact) mass is 393 g/mol. The van der Waals surface area contributed by atoms with Crippen LogP contribution in [-0.2, 0) is 23.8 Å². The van der Waals surface area contributed by atoms with E-state index in [9.17, 15) is 14.4 Å². The third-order valence-electron chi connectivity index (χ3n) is 4.44. The highest BCUT2D eigenvalue weighted by Crippen LogP contribution is 2.36. The van der Waals surface area contributed by atoms with Crippen molar-refractivity contribution in [3.63, 3.8) is 0 Å². The summed E-state index contributed by atoms with van der Waals surface area (Å²) in [7, 11) is 3.71. The number of hydrogen-bond acceptors (Lipinski definition) is 7. The summed E-state index contributed by atoms with van der Waals surface area (Å²) >= 11 is 0. The van der Waals surface area contributed by atoms with Crippen molar-refractivity contribution >= 4 is 34.4 Å². The number of hydrogen-bond donors (Lipinski definition) is 0. The van der Waals surface area contributed by atoms with Gasteiger partial charge < -0.3 is 19.1 Å². The Labute approximate surface area is 167 Å². The van der Waals surface area contributed by atoms with E-state index >= 15 is 0 Å². The topological polar surface area (TPSA) is 82.1 Å². The number of rotatable bonds is 4. The lowest BCUT2D eigenvalue weighted by Crippen LogP contribution is -2.28. The Morgan fingerprint density at radius 1 is 0.793 bits per heavy atom. The number of methoxy groups -OCH3 is 3. The van der Waals surface area contributed by atoms with Gasteiger partial charge in [-0.1, -0.05) is 36.4 Å². The molecule has 0 aromatic heterocycles. The molecular weight excluding hydrogens is 374 g/mol. The highest BCUT2D eigenvalue weighted by molar-refractivity contribution is 6.12. The Morgan fingerprint density at radius 2 is 1.48 bits per heavy atom. The van der Waals surface area contributed by atoms with Crippen LogP contribution in [0, 0.1) is 0 Å². The van der Waals surface area contributed by atoms with Gasteiger partial charge in [0.25, 0.3) is 0 Å². The molecule has 2 aromatic rings. The Kier molecular flexibility index (Phi) is 5.78. The molecule has 29 heavy (non-hydrogen) atoms. The van der Waals surface area contributed by atoms with Crippen LogP contribution >= 0.6 is 0 Å². The Bertz CT molecular complexity index is 1080. The standard InChI is InChI=1S/C22H19NO6/c1-27-20(24)16-10-6-7-13-23(19(16)22(26)29-3)18-15-9-5-4-8-14(15)11-12-17(18)21(25)28-2/h4-13H,1-3H3. The zero-order chi connectivity index (χ0) is 21.0. The molecule has 0 radical (unpaired) electrons. The van der Waals surface area contributed by atoms with Crippen LogP contribution in [0.4, 0.5) is 5.69 Å². The third-order valence-corrected chi connectivity index (χ3v) is 4.44. The molecule has 1 heterocycles. The average Bonchev–Trinajstić information content (AvgIpc) is 2.99. The molecule has 0 spiro atoms. The quantitative estimate of drug-likeness (QED) is 0.583. The minimum Gasteiger partial charge on any atom is -0.465 e. The maximum Gasteiger partial charge on any atom is 0.355 e. The van der Waals surface area contributed by atoms with Gasteiger partial charge in [-0.25, -0.2) is 14.4 Å². The number of carbonyl (C=O) groups is 3. The smallest absolute Gasteiger partial charge is 0.355 e. The SMILES string of the molecule is COC(=O)C1=C(C(=O)OC)N(c2c(C(=O)OC)ccc3ccccc23)C=CC=C1. The molecule has 7 nitrogen and oxygen atoms in total. The molecule has 0 bridgehead atoms. The predicted octanol–water partition coefficient (Wildman–Crippen LogP) is 3.12. The molecule has 0 atom stereocenters. The number of ether oxygens (including phenoxy) is 3. The molecular formula is C22H19NO6. The lowest BCUT2D eigenvalue weighted by Gasteiger charge is -2.26. The van der Waals surface area contributed by atoms with Crippen LogP contribution in [0.1, 0.15) is 10.4 Å². The zero-order valence-corrected chi connectivity index (χ0v) is 16.2. The zero-order valence-electron chi connectivity index (χ0n) is 16.2. The van der Waals surface area contributed by atoms with Crippen molar-refractivity contribution in [3.05, 3.63) is 77.7 Å². The molecule has 1 aliphatic heterocycles. The van der Waals surface area contributed by atoms with Crippen LogP contribution in [0.5, 0.6) is 0 Å². The van der Waals surface area contributed by atoms with Crippen molar-refractivity contribution in [2.24, 2.45) is 0 Å². The highest BCUT2D eigenvalue weighted by atomic mass is 16.5. The first-order valence-electron chi connectivity index (χ1n) is 8.68. The van der Waals surface area contributed by atoms with Gasteiger partial charge >= 0.3 is 17.9 Å². The van der Waals surface area contributed by atoms with Crippen molar-refractivity contribution in [1.82, 2.24) is 0 Å². The van der Waals surface area contributed by atoms with Crippen molar-refractivity contribution in [2.45, 2.75) is 0 Å². The van der Waals surface area contributed by atoms with Gasteiger partial charge in [0.2, 0.25) is 0 Å². The predicted molar refractivity (Wildman–Crippen MR) is 107 cm³/mol. The van der Waals surface area contributed by atoms with Gasteiger partial charge in [-0.2, -0.15) is 0 Å². The molecule has 3 rings (SSSR count). The van der Waals surface area contributed by atoms with Crippen LogP contribution in [0.2, 0.25) is 0 Å². The molecule has 0 saturated heterocycles. The summed E-state index contributed by atoms with van der Waals surface area (Å²) in [5, 5.41) is 1.53. The number of esters is 3. The van der Waals surface area contributed by atoms with Gasteiger partial charge in [0, 0.05) is 11.6 Å². The maximum atomic E-state index is 12.7. The molecule has 2 aromatic carbocycles. The molecule has 0 amide bonds. The fraction of sp³-hybridized carbons (Fsp3) is 0.136. The van der Waals surface area contributed by atoms with Crippen molar-refractivity contribution < 1.29 is 28.6 Å². The summed E-state index contributed by atoms with van der Waals surface area (Å²) < 4.78 is 14.7. The summed E-state index contributed by atoms with van der Waals surface area (Å²) in [6, 6.07) is 10.8. The number of carbonyl (C=O) groups excluding carboxylic acids is 3. The van der Waals surface area contributed by atoms with Gasteiger partial charge in [0.05, 0.1) is 38.2 Å². The summed E-state index contributed by atoms with van der Waals surface area (Å²) in [6.45, 7) is 0. The molecule has 0 saturated carbocycles. The molecule has 0 N–H and O–H groups in total. The summed E-state index contributed by atoms with van der Waals surface area (Å²) in [5.41, 5.74) is 0.527. The van der Waals surface area contributed by atoms with Crippen molar-refractivity contribution in [1.29, 1.82) is 0 Å². The lowest BCUT2D eigenvalue weighted by atomic mass is 10.0. The second-order valence-electron chi connectivity index (χ2n) is 5.99. The number of allylic oxidation sites excluding steroid dienone is 2. The van der Waals surface area contributed by atoms with E-state index in [0.717, 1.165) is 5.39 Å². The fourth-order valence-electron chi connectivity index (χ4n) is 3.13. The number of fused-ring (bicyclic) bond motifs is 1. The first-order chi connectivity index (χ1) is 14.0. The van der Waals surface area contributed by atoms with E-state index < -0.39 is 17.9 Å². The normalized spacial score (nSPS) is 13.3. The Morgan fingerprint density at radius 3 is 2.17 bits per heavy atom. The van der Waals surface area contributed by atoms with E-state index in [1.807, 2.05) is 24.3 Å². The highest BCUT2D eigenvalue weighted by Gasteiger charge is 2.30. The van der Waals surface area contributed by atoms with Crippen LogP contribution in [0.15, 0.2) is 72.1 Å². The molecule has 148 valence electrons. The second kappa shape index (κ2) is 8.43. The first-order valence-corrected chi connectivity index (χ1v) is 8.68. The van der Waals surface area contributed by atoms with Crippen molar-refractivity contribution in [2.75, 3.05) is 26.2 Å². The molecule has 7 heteroatoms. The first kappa shape index (κ1) is 19.9. The molecule has 0 unspecified atom stereocenters. The minimum atomic E-state index is -0.759. The van der Waals surface area contributed by atoms with E-state index in [2.05, 4.69) is 0 Å². The Hall–Kier alpha value is -3.87. The fourth-order valence-corrected chi connectivity index (χ4v) is 3.13. The van der Waals surface area contributed by atoms with E-state index in [0.29, 0.717) is 11.1 Å². The second-order valence-corrected chi connectivity index (χ2v) is 5.99. The number of nitrogens with zero attached hydrogens (tertiary/aromatic N) is 1. The molecule has 1 aliphatic rings. The average molecular weight is 393 g/mol. The van der Waals surface area contributed by atoms with Crippen LogP contribution < -0.4 is 4.90 Å². The van der Waals surface area contributed by atoms with Gasteiger partial charge in [-0.05, 0) is 23.6 Å². The molecule has 0 aliphatic carbocycles. The van der Waals surface area contributed by atoms with Crippen LogP contribution in [-0.4, -0.2) is 39.2 Å². The van der Waals surface area contributed by atoms with E-state index in [1.165, 1.54) is 32.3 Å². The number of anilines is 1. The summed E-state index contributed by atoms with van der Waals surface area (Å²) in [6.07, 6.45) is 6.27. The summed E-state index contributed by atoms with van der Waals surface area (Å²) in [5.74, 6) is -2.05. The minimum absolute atomic E-state index is 0.00639. The van der Waals surface area contributed by atoms with Gasteiger partial charge in [-0.15, -0.1) is 0 Å². The number of benzene rings is 2. The van der Waals surface area contributed by atoms with Gasteiger partial charge in [0.15, 0.2) is 0 Å². The van der Waals surface area contributed by atoms with Crippen LogP contribution in [0.3, 0.4) is 0 Å². The van der Waals surface area contributed by atoms with E-state index in [4.69, 9.17) is 14.2 Å². The lowest BCUT2D eigenvalue weighted by molar-refractivity contribution is -0.139.